The monoisotopic (exact) mass is 339 g/mol. The smallest absolute Gasteiger partial charge is 0.225 e. The molecular weight excluding hydrogens is 314 g/mol. The molecule has 0 radical (unpaired) electrons. The third-order valence-corrected chi connectivity index (χ3v) is 5.45. The number of carbonyl (C=O) groups is 1. The number of aryl methyl sites for hydroxylation is 1. The van der Waals surface area contributed by atoms with Crippen LogP contribution in [-0.2, 0) is 21.4 Å². The van der Waals surface area contributed by atoms with E-state index >= 15 is 0 Å². The molecule has 0 bridgehead atoms. The Hall–Kier alpha value is -1.44. The molecule has 23 heavy (non-hydrogen) atoms. The van der Waals surface area contributed by atoms with Crippen LogP contribution in [0.2, 0.25) is 0 Å². The van der Waals surface area contributed by atoms with Crippen molar-refractivity contribution in [3.8, 4) is 0 Å². The van der Waals surface area contributed by atoms with Gasteiger partial charge in [-0.15, -0.1) is 0 Å². The fraction of sp³-hybridized carbons (Fsp3) is 0.562. The minimum Gasteiger partial charge on any atom is -0.359 e. The summed E-state index contributed by atoms with van der Waals surface area (Å²) in [5.74, 6) is -0.475. The number of hydrogen-bond donors (Lipinski definition) is 1. The highest BCUT2D eigenvalue weighted by Gasteiger charge is 2.31. The number of nitrogens with zero attached hydrogens (tertiary/aromatic N) is 2. The summed E-state index contributed by atoms with van der Waals surface area (Å²) in [6.07, 6.45) is 1.20. The van der Waals surface area contributed by atoms with E-state index in [1.54, 1.807) is 7.05 Å². The molecule has 1 unspecified atom stereocenters. The van der Waals surface area contributed by atoms with Crippen molar-refractivity contribution < 1.29 is 13.2 Å². The van der Waals surface area contributed by atoms with Crippen LogP contribution in [0.15, 0.2) is 24.3 Å². The zero-order valence-corrected chi connectivity index (χ0v) is 14.8. The molecule has 1 saturated heterocycles. The number of sulfonamides is 1. The quantitative estimate of drug-likeness (QED) is 0.864. The van der Waals surface area contributed by atoms with Gasteiger partial charge < -0.3 is 5.32 Å². The van der Waals surface area contributed by atoms with Crippen molar-refractivity contribution in [2.24, 2.45) is 5.92 Å². The highest BCUT2D eigenvalue weighted by molar-refractivity contribution is 7.88. The maximum absolute atomic E-state index is 12.1. The maximum atomic E-state index is 12.1. The lowest BCUT2D eigenvalue weighted by atomic mass is 10.1. The van der Waals surface area contributed by atoms with Gasteiger partial charge in [0.15, 0.2) is 0 Å². The lowest BCUT2D eigenvalue weighted by Crippen LogP contribution is -2.41. The van der Waals surface area contributed by atoms with E-state index in [0.29, 0.717) is 26.2 Å². The Morgan fingerprint density at radius 3 is 2.43 bits per heavy atom. The molecule has 2 rings (SSSR count). The minimum atomic E-state index is -3.30. The number of nitrogens with one attached hydrogen (secondary N) is 1. The van der Waals surface area contributed by atoms with Crippen molar-refractivity contribution in [3.63, 3.8) is 0 Å². The van der Waals surface area contributed by atoms with Crippen LogP contribution >= 0.6 is 0 Å². The van der Waals surface area contributed by atoms with E-state index in [9.17, 15) is 13.2 Å². The van der Waals surface area contributed by atoms with Gasteiger partial charge in [-0.25, -0.2) is 12.7 Å². The van der Waals surface area contributed by atoms with Crippen LogP contribution in [0.1, 0.15) is 11.1 Å². The van der Waals surface area contributed by atoms with Gasteiger partial charge in [-0.05, 0) is 12.5 Å². The second-order valence-electron chi connectivity index (χ2n) is 6.15. The fourth-order valence-electron chi connectivity index (χ4n) is 2.82. The second kappa shape index (κ2) is 7.42. The molecule has 1 heterocycles. The Bertz CT molecular complexity index is 643. The zero-order chi connectivity index (χ0) is 17.0. The summed E-state index contributed by atoms with van der Waals surface area (Å²) in [4.78, 5) is 14.2. The third-order valence-electron chi connectivity index (χ3n) is 4.18. The zero-order valence-electron chi connectivity index (χ0n) is 13.9. The lowest BCUT2D eigenvalue weighted by Gasteiger charge is -2.23. The van der Waals surface area contributed by atoms with Crippen LogP contribution in [-0.4, -0.2) is 63.0 Å². The Morgan fingerprint density at radius 2 is 1.87 bits per heavy atom. The normalized spacial score (nSPS) is 20.9. The first-order valence-electron chi connectivity index (χ1n) is 7.74. The molecule has 1 amide bonds. The summed E-state index contributed by atoms with van der Waals surface area (Å²) in [5.41, 5.74) is 2.37. The van der Waals surface area contributed by atoms with Crippen molar-refractivity contribution >= 4 is 15.9 Å². The van der Waals surface area contributed by atoms with Crippen LogP contribution in [0.25, 0.3) is 0 Å². The van der Waals surface area contributed by atoms with Crippen LogP contribution in [0, 0.1) is 12.8 Å². The van der Waals surface area contributed by atoms with E-state index in [-0.39, 0.29) is 18.4 Å². The molecule has 7 heteroatoms. The number of carbonyl (C=O) groups excluding carboxylic acids is 1. The van der Waals surface area contributed by atoms with Crippen molar-refractivity contribution in [2.75, 3.05) is 39.5 Å². The molecule has 128 valence electrons. The molecule has 1 atom stereocenters. The number of amides is 1. The molecular formula is C16H25N3O3S. The van der Waals surface area contributed by atoms with Crippen molar-refractivity contribution in [2.45, 2.75) is 13.5 Å². The van der Waals surface area contributed by atoms with E-state index < -0.39 is 10.0 Å². The lowest BCUT2D eigenvalue weighted by molar-refractivity contribution is -0.125. The third kappa shape index (κ3) is 5.02. The van der Waals surface area contributed by atoms with Gasteiger partial charge in [0.05, 0.1) is 12.2 Å². The molecule has 1 fully saturated rings. The first-order chi connectivity index (χ1) is 10.8. The van der Waals surface area contributed by atoms with Crippen LogP contribution in [0.3, 0.4) is 0 Å². The van der Waals surface area contributed by atoms with Crippen molar-refractivity contribution in [1.29, 1.82) is 0 Å². The van der Waals surface area contributed by atoms with E-state index in [0.717, 1.165) is 0 Å². The van der Waals surface area contributed by atoms with Gasteiger partial charge in [0.2, 0.25) is 15.9 Å². The maximum Gasteiger partial charge on any atom is 0.225 e. The van der Waals surface area contributed by atoms with Crippen molar-refractivity contribution in [3.05, 3.63) is 35.4 Å². The van der Waals surface area contributed by atoms with E-state index in [1.165, 1.54) is 21.7 Å². The Kier molecular flexibility index (Phi) is 5.78. The topological polar surface area (TPSA) is 69.7 Å². The molecule has 1 aromatic carbocycles. The van der Waals surface area contributed by atoms with E-state index in [1.807, 2.05) is 6.92 Å². The van der Waals surface area contributed by atoms with Gasteiger partial charge in [0.1, 0.15) is 0 Å². The SMILES string of the molecule is CNC(=O)C1CN(Cc2ccc(C)cc2)CCN(S(C)(=O)=O)C1. The Labute approximate surface area is 138 Å². The van der Waals surface area contributed by atoms with Gasteiger partial charge in [0.25, 0.3) is 0 Å². The Balaban J connectivity index is 2.14. The van der Waals surface area contributed by atoms with E-state index in [2.05, 4.69) is 34.5 Å². The van der Waals surface area contributed by atoms with Crippen LogP contribution < -0.4 is 5.32 Å². The van der Waals surface area contributed by atoms with E-state index in [4.69, 9.17) is 0 Å². The standard InChI is InChI=1S/C16H25N3O3S/c1-13-4-6-14(7-5-13)10-18-8-9-19(23(3,21)22)12-15(11-18)16(20)17-2/h4-7,15H,8-12H2,1-3H3,(H,17,20). The summed E-state index contributed by atoms with van der Waals surface area (Å²) in [6, 6.07) is 8.27. The number of rotatable bonds is 4. The summed E-state index contributed by atoms with van der Waals surface area (Å²) in [6.45, 7) is 4.59. The number of hydrogen-bond acceptors (Lipinski definition) is 4. The molecule has 1 aliphatic rings. The minimum absolute atomic E-state index is 0.116. The molecule has 1 aromatic rings. The van der Waals surface area contributed by atoms with Gasteiger partial charge in [-0.3, -0.25) is 9.69 Å². The molecule has 0 aliphatic carbocycles. The average Bonchev–Trinajstić information content (AvgIpc) is 2.71. The van der Waals surface area contributed by atoms with Gasteiger partial charge in [-0.2, -0.15) is 0 Å². The second-order valence-corrected chi connectivity index (χ2v) is 8.14. The fourth-order valence-corrected chi connectivity index (χ4v) is 3.68. The predicted molar refractivity (Wildman–Crippen MR) is 90.4 cm³/mol. The van der Waals surface area contributed by atoms with Gasteiger partial charge in [0, 0.05) is 39.8 Å². The average molecular weight is 339 g/mol. The Morgan fingerprint density at radius 1 is 1.22 bits per heavy atom. The summed E-state index contributed by atoms with van der Waals surface area (Å²) in [7, 11) is -1.71. The largest absolute Gasteiger partial charge is 0.359 e. The number of benzene rings is 1. The van der Waals surface area contributed by atoms with Gasteiger partial charge in [-0.1, -0.05) is 29.8 Å². The van der Waals surface area contributed by atoms with Crippen LogP contribution in [0.5, 0.6) is 0 Å². The highest BCUT2D eigenvalue weighted by atomic mass is 32.2. The first-order valence-corrected chi connectivity index (χ1v) is 9.59. The summed E-state index contributed by atoms with van der Waals surface area (Å²) < 4.78 is 25.2. The molecule has 6 nitrogen and oxygen atoms in total. The van der Waals surface area contributed by atoms with Crippen LogP contribution in [0.4, 0.5) is 0 Å². The predicted octanol–water partition coefficient (Wildman–Crippen LogP) is 0.434. The molecule has 0 aromatic heterocycles. The van der Waals surface area contributed by atoms with Gasteiger partial charge >= 0.3 is 0 Å². The van der Waals surface area contributed by atoms with Crippen molar-refractivity contribution in [1.82, 2.24) is 14.5 Å². The first kappa shape index (κ1) is 17.9. The summed E-state index contributed by atoms with van der Waals surface area (Å²) >= 11 is 0. The molecule has 0 spiro atoms. The molecule has 0 saturated carbocycles. The molecule has 1 N–H and O–H groups in total. The molecule has 1 aliphatic heterocycles. The highest BCUT2D eigenvalue weighted by Crippen LogP contribution is 2.16. The summed E-state index contributed by atoms with van der Waals surface area (Å²) in [5, 5.41) is 2.64.